The van der Waals surface area contributed by atoms with E-state index in [0.717, 1.165) is 25.7 Å². The number of esters is 1. The number of rotatable bonds is 3. The number of carbonyl (C=O) groups is 1. The van der Waals surface area contributed by atoms with Crippen LogP contribution in [0.4, 0.5) is 5.69 Å². The van der Waals surface area contributed by atoms with E-state index >= 15 is 0 Å². The Bertz CT molecular complexity index is 425. The van der Waals surface area contributed by atoms with Gasteiger partial charge in [0.05, 0.1) is 7.11 Å². The molecule has 4 heteroatoms. The van der Waals surface area contributed by atoms with Crippen LogP contribution in [0, 0.1) is 0 Å². The van der Waals surface area contributed by atoms with Gasteiger partial charge in [-0.2, -0.15) is 0 Å². The van der Waals surface area contributed by atoms with Crippen molar-refractivity contribution >= 4 is 11.7 Å². The molecule has 0 atom stereocenters. The number of nitrogens with two attached hydrogens (primary N) is 1. The van der Waals surface area contributed by atoms with E-state index in [1.165, 1.54) is 13.5 Å². The molecule has 0 amide bonds. The molecular weight excluding hydrogens is 230 g/mol. The number of anilines is 1. The van der Waals surface area contributed by atoms with Crippen molar-refractivity contribution in [3.63, 3.8) is 0 Å². The summed E-state index contributed by atoms with van der Waals surface area (Å²) in [7, 11) is 1.52. The van der Waals surface area contributed by atoms with E-state index in [2.05, 4.69) is 0 Å². The Morgan fingerprint density at radius 3 is 2.67 bits per heavy atom. The normalized spacial score (nSPS) is 16.3. The van der Waals surface area contributed by atoms with Crippen LogP contribution in [-0.2, 0) is 4.74 Å². The van der Waals surface area contributed by atoms with E-state index in [1.807, 2.05) is 0 Å². The average Bonchev–Trinajstić information content (AvgIpc) is 2.39. The highest BCUT2D eigenvalue weighted by molar-refractivity contribution is 5.93. The minimum atomic E-state index is -0.321. The van der Waals surface area contributed by atoms with Crippen LogP contribution in [-0.4, -0.2) is 19.2 Å². The molecule has 0 saturated heterocycles. The van der Waals surface area contributed by atoms with Crippen LogP contribution < -0.4 is 10.5 Å². The van der Waals surface area contributed by atoms with Crippen LogP contribution >= 0.6 is 0 Å². The molecule has 18 heavy (non-hydrogen) atoms. The summed E-state index contributed by atoms with van der Waals surface area (Å²) in [5.41, 5.74) is 6.67. The zero-order valence-corrected chi connectivity index (χ0v) is 10.6. The molecule has 1 aromatic carbocycles. The summed E-state index contributed by atoms with van der Waals surface area (Å²) in [4.78, 5) is 12.1. The van der Waals surface area contributed by atoms with Crippen molar-refractivity contribution < 1.29 is 14.3 Å². The first-order chi connectivity index (χ1) is 8.70. The number of methoxy groups -OCH3 is 1. The number of carbonyl (C=O) groups excluding carboxylic acids is 1. The molecule has 0 aromatic heterocycles. The zero-order chi connectivity index (χ0) is 13.0. The molecule has 1 saturated carbocycles. The lowest BCUT2D eigenvalue weighted by Crippen LogP contribution is -2.21. The molecule has 2 N–H and O–H groups in total. The van der Waals surface area contributed by atoms with Crippen LogP contribution in [0.5, 0.6) is 5.75 Å². The van der Waals surface area contributed by atoms with Crippen molar-refractivity contribution in [1.82, 2.24) is 0 Å². The Morgan fingerprint density at radius 2 is 2.00 bits per heavy atom. The van der Waals surface area contributed by atoms with Gasteiger partial charge in [-0.1, -0.05) is 6.42 Å². The largest absolute Gasteiger partial charge is 0.496 e. The monoisotopic (exact) mass is 249 g/mol. The highest BCUT2D eigenvalue weighted by atomic mass is 16.5. The Balaban J connectivity index is 2.08. The summed E-state index contributed by atoms with van der Waals surface area (Å²) in [6.45, 7) is 0. The molecule has 0 spiro atoms. The van der Waals surface area contributed by atoms with Gasteiger partial charge in [-0.25, -0.2) is 4.79 Å². The average molecular weight is 249 g/mol. The van der Waals surface area contributed by atoms with Gasteiger partial charge in [0.1, 0.15) is 17.4 Å². The second-order valence-corrected chi connectivity index (χ2v) is 4.63. The molecule has 0 heterocycles. The van der Waals surface area contributed by atoms with Gasteiger partial charge in [0.25, 0.3) is 0 Å². The second-order valence-electron chi connectivity index (χ2n) is 4.63. The topological polar surface area (TPSA) is 61.5 Å². The Hall–Kier alpha value is -1.71. The lowest BCUT2D eigenvalue weighted by Gasteiger charge is -2.22. The van der Waals surface area contributed by atoms with Gasteiger partial charge in [-0.15, -0.1) is 0 Å². The summed E-state index contributed by atoms with van der Waals surface area (Å²) in [6.07, 6.45) is 5.48. The van der Waals surface area contributed by atoms with Crippen LogP contribution in [0.3, 0.4) is 0 Å². The highest BCUT2D eigenvalue weighted by Gasteiger charge is 2.21. The molecule has 0 radical (unpaired) electrons. The molecular formula is C14H19NO3. The molecule has 1 aromatic rings. The minimum Gasteiger partial charge on any atom is -0.496 e. The lowest BCUT2D eigenvalue weighted by atomic mass is 9.98. The van der Waals surface area contributed by atoms with Gasteiger partial charge in [-0.05, 0) is 37.8 Å². The number of ether oxygens (including phenoxy) is 2. The summed E-state index contributed by atoms with van der Waals surface area (Å²) >= 11 is 0. The standard InChI is InChI=1S/C14H19NO3/c1-17-13-9-10(15)7-8-12(13)14(16)18-11-5-3-2-4-6-11/h7-9,11H,2-6,15H2,1H3. The number of hydrogen-bond donors (Lipinski definition) is 1. The van der Waals surface area contributed by atoms with Gasteiger partial charge >= 0.3 is 5.97 Å². The first-order valence-electron chi connectivity index (χ1n) is 6.35. The van der Waals surface area contributed by atoms with Crippen molar-refractivity contribution in [3.05, 3.63) is 23.8 Å². The molecule has 0 unspecified atom stereocenters. The zero-order valence-electron chi connectivity index (χ0n) is 10.6. The molecule has 2 rings (SSSR count). The first kappa shape index (κ1) is 12.7. The quantitative estimate of drug-likeness (QED) is 0.661. The van der Waals surface area contributed by atoms with Crippen molar-refractivity contribution in [2.24, 2.45) is 0 Å². The van der Waals surface area contributed by atoms with Crippen LogP contribution in [0.15, 0.2) is 18.2 Å². The molecule has 4 nitrogen and oxygen atoms in total. The van der Waals surface area contributed by atoms with E-state index in [9.17, 15) is 4.79 Å². The summed E-state index contributed by atoms with van der Waals surface area (Å²) in [5, 5.41) is 0. The maximum absolute atomic E-state index is 12.1. The van der Waals surface area contributed by atoms with Crippen molar-refractivity contribution in [2.45, 2.75) is 38.2 Å². The smallest absolute Gasteiger partial charge is 0.342 e. The predicted octanol–water partition coefficient (Wildman–Crippen LogP) is 2.77. The molecule has 98 valence electrons. The molecule has 1 aliphatic rings. The van der Waals surface area contributed by atoms with E-state index in [1.54, 1.807) is 18.2 Å². The van der Waals surface area contributed by atoms with E-state index in [4.69, 9.17) is 15.2 Å². The van der Waals surface area contributed by atoms with Crippen molar-refractivity contribution in [3.8, 4) is 5.75 Å². The van der Waals surface area contributed by atoms with Gasteiger partial charge in [0, 0.05) is 11.8 Å². The second kappa shape index (κ2) is 5.76. The fourth-order valence-corrected chi connectivity index (χ4v) is 2.27. The SMILES string of the molecule is COc1cc(N)ccc1C(=O)OC1CCCCC1. The summed E-state index contributed by atoms with van der Waals surface area (Å²) < 4.78 is 10.7. The number of nitrogen functional groups attached to an aromatic ring is 1. The van der Waals surface area contributed by atoms with Crippen molar-refractivity contribution in [1.29, 1.82) is 0 Å². The van der Waals surface area contributed by atoms with Gasteiger partial charge in [0.2, 0.25) is 0 Å². The lowest BCUT2D eigenvalue weighted by molar-refractivity contribution is 0.0208. The van der Waals surface area contributed by atoms with Crippen molar-refractivity contribution in [2.75, 3.05) is 12.8 Å². The fraction of sp³-hybridized carbons (Fsp3) is 0.500. The van der Waals surface area contributed by atoms with E-state index in [0.29, 0.717) is 17.0 Å². The number of benzene rings is 1. The van der Waals surface area contributed by atoms with Crippen LogP contribution in [0.1, 0.15) is 42.5 Å². The van der Waals surface area contributed by atoms with E-state index < -0.39 is 0 Å². The summed E-state index contributed by atoms with van der Waals surface area (Å²) in [6, 6.07) is 4.97. The van der Waals surface area contributed by atoms with Gasteiger partial charge in [0.15, 0.2) is 0 Å². The maximum Gasteiger partial charge on any atom is 0.342 e. The molecule has 0 bridgehead atoms. The Morgan fingerprint density at radius 1 is 1.28 bits per heavy atom. The molecule has 1 fully saturated rings. The van der Waals surface area contributed by atoms with Crippen LogP contribution in [0.25, 0.3) is 0 Å². The van der Waals surface area contributed by atoms with Crippen LogP contribution in [0.2, 0.25) is 0 Å². The molecule has 0 aliphatic heterocycles. The highest BCUT2D eigenvalue weighted by Crippen LogP contribution is 2.25. The third-order valence-electron chi connectivity index (χ3n) is 3.27. The predicted molar refractivity (Wildman–Crippen MR) is 69.7 cm³/mol. The first-order valence-corrected chi connectivity index (χ1v) is 6.35. The fourth-order valence-electron chi connectivity index (χ4n) is 2.27. The minimum absolute atomic E-state index is 0.0495. The third kappa shape index (κ3) is 2.94. The van der Waals surface area contributed by atoms with E-state index in [-0.39, 0.29) is 12.1 Å². The Kier molecular flexibility index (Phi) is 4.07. The summed E-state index contributed by atoms with van der Waals surface area (Å²) in [5.74, 6) is 0.148. The van der Waals surface area contributed by atoms with Gasteiger partial charge < -0.3 is 15.2 Å². The maximum atomic E-state index is 12.1. The third-order valence-corrected chi connectivity index (χ3v) is 3.27. The Labute approximate surface area is 107 Å². The van der Waals surface area contributed by atoms with Gasteiger partial charge in [-0.3, -0.25) is 0 Å². The number of hydrogen-bond acceptors (Lipinski definition) is 4. The molecule has 1 aliphatic carbocycles.